The summed E-state index contributed by atoms with van der Waals surface area (Å²) in [5.74, 6) is 1.66. The maximum atomic E-state index is 13.8. The highest BCUT2D eigenvalue weighted by atomic mass is 19.4. The van der Waals surface area contributed by atoms with Gasteiger partial charge in [-0.1, -0.05) is 19.3 Å². The van der Waals surface area contributed by atoms with Gasteiger partial charge in [0.05, 0.1) is 23.3 Å². The summed E-state index contributed by atoms with van der Waals surface area (Å²) in [4.78, 5) is 24.1. The number of alkyl halides is 3. The van der Waals surface area contributed by atoms with E-state index in [4.69, 9.17) is 5.73 Å². The van der Waals surface area contributed by atoms with Crippen LogP contribution in [0.2, 0.25) is 0 Å². The lowest BCUT2D eigenvalue weighted by molar-refractivity contribution is -0.137. The SMILES string of the molecule is Cc1cc2cc(C(=O)N(Cc3ccc(C(F)(F)F)cn3)[C@@H]3CC[C@H]4CCC[C@H]4C3)ccc2nc1N. The van der Waals surface area contributed by atoms with E-state index >= 15 is 0 Å². The molecule has 2 fully saturated rings. The van der Waals surface area contributed by atoms with Crippen LogP contribution in [0.3, 0.4) is 0 Å². The molecule has 3 atom stereocenters. The van der Waals surface area contributed by atoms with Crippen LogP contribution in [-0.4, -0.2) is 26.8 Å². The number of nitrogens with two attached hydrogens (primary N) is 1. The Balaban J connectivity index is 1.46. The molecule has 2 aliphatic carbocycles. The summed E-state index contributed by atoms with van der Waals surface area (Å²) in [6.45, 7) is 2.05. The van der Waals surface area contributed by atoms with Crippen molar-refractivity contribution in [2.45, 2.75) is 64.2 Å². The van der Waals surface area contributed by atoms with Crippen molar-refractivity contribution in [1.82, 2.24) is 14.9 Å². The molecule has 3 aromatic rings. The van der Waals surface area contributed by atoms with E-state index in [9.17, 15) is 18.0 Å². The van der Waals surface area contributed by atoms with Gasteiger partial charge in [-0.15, -0.1) is 0 Å². The Kier molecular flexibility index (Phi) is 6.15. The first-order chi connectivity index (χ1) is 16.7. The molecule has 2 aromatic heterocycles. The van der Waals surface area contributed by atoms with Gasteiger partial charge in [-0.2, -0.15) is 13.2 Å². The highest BCUT2D eigenvalue weighted by Gasteiger charge is 2.38. The molecule has 2 N–H and O–H groups in total. The first-order valence-electron chi connectivity index (χ1n) is 12.2. The van der Waals surface area contributed by atoms with Crippen LogP contribution in [0.4, 0.5) is 19.0 Å². The Morgan fingerprint density at radius 3 is 2.63 bits per heavy atom. The minimum atomic E-state index is -4.44. The van der Waals surface area contributed by atoms with Crippen molar-refractivity contribution >= 4 is 22.6 Å². The number of halogens is 3. The van der Waals surface area contributed by atoms with Crippen LogP contribution in [0.5, 0.6) is 0 Å². The van der Waals surface area contributed by atoms with Crippen LogP contribution in [0.15, 0.2) is 42.6 Å². The molecule has 5 nitrogen and oxygen atoms in total. The van der Waals surface area contributed by atoms with Crippen LogP contribution in [0, 0.1) is 18.8 Å². The fraction of sp³-hybridized carbons (Fsp3) is 0.444. The van der Waals surface area contributed by atoms with E-state index in [2.05, 4.69) is 9.97 Å². The van der Waals surface area contributed by atoms with Crippen LogP contribution < -0.4 is 5.73 Å². The van der Waals surface area contributed by atoms with Gasteiger partial charge in [-0.05, 0) is 80.0 Å². The molecule has 0 saturated heterocycles. The molecule has 35 heavy (non-hydrogen) atoms. The normalized spacial score (nSPS) is 22.2. The molecular formula is C27H29F3N4O. The fourth-order valence-corrected chi connectivity index (χ4v) is 5.78. The average Bonchev–Trinajstić information content (AvgIpc) is 3.30. The second-order valence-corrected chi connectivity index (χ2v) is 9.98. The molecule has 0 aliphatic heterocycles. The number of nitrogen functional groups attached to an aromatic ring is 1. The van der Waals surface area contributed by atoms with E-state index in [1.165, 1.54) is 25.3 Å². The molecule has 0 spiro atoms. The van der Waals surface area contributed by atoms with Gasteiger partial charge < -0.3 is 10.6 Å². The molecule has 5 rings (SSSR count). The number of amides is 1. The van der Waals surface area contributed by atoms with Gasteiger partial charge in [-0.25, -0.2) is 4.98 Å². The summed E-state index contributed by atoms with van der Waals surface area (Å²) in [7, 11) is 0. The number of carbonyl (C=O) groups is 1. The highest BCUT2D eigenvalue weighted by Crippen LogP contribution is 2.44. The van der Waals surface area contributed by atoms with Crippen molar-refractivity contribution in [3.8, 4) is 0 Å². The van der Waals surface area contributed by atoms with E-state index in [-0.39, 0.29) is 18.5 Å². The highest BCUT2D eigenvalue weighted by molar-refractivity contribution is 5.98. The number of fused-ring (bicyclic) bond motifs is 2. The van der Waals surface area contributed by atoms with Crippen LogP contribution in [-0.2, 0) is 12.7 Å². The molecule has 0 radical (unpaired) electrons. The topological polar surface area (TPSA) is 72.1 Å². The molecule has 2 heterocycles. The fourth-order valence-electron chi connectivity index (χ4n) is 5.78. The summed E-state index contributed by atoms with van der Waals surface area (Å²) in [6, 6.07) is 9.73. The Hall–Kier alpha value is -3.16. The molecular weight excluding hydrogens is 453 g/mol. The summed E-state index contributed by atoms with van der Waals surface area (Å²) in [5.41, 5.74) is 7.68. The van der Waals surface area contributed by atoms with E-state index < -0.39 is 11.7 Å². The second kappa shape index (κ2) is 9.13. The molecule has 0 bridgehead atoms. The number of benzene rings is 1. The molecule has 1 aromatic carbocycles. The molecule has 2 aliphatic rings. The van der Waals surface area contributed by atoms with Gasteiger partial charge in [0.25, 0.3) is 5.91 Å². The molecule has 0 unspecified atom stereocenters. The standard InChI is InChI=1S/C27H29F3N4O/c1-16-11-20-12-19(6-10-24(20)33-25(16)31)26(35)34(23-9-5-17-3-2-4-18(17)13-23)15-22-8-7-21(14-32-22)27(28,29)30/h6-8,10-12,14,17-18,23H,2-5,9,13,15H2,1H3,(H2,31,33)/t17-,18+,23-/m1/s1. The summed E-state index contributed by atoms with van der Waals surface area (Å²) in [6.07, 6.45) is 3.00. The lowest BCUT2D eigenvalue weighted by atomic mass is 9.78. The first-order valence-corrected chi connectivity index (χ1v) is 12.2. The summed E-state index contributed by atoms with van der Waals surface area (Å²) >= 11 is 0. The van der Waals surface area contributed by atoms with E-state index in [1.807, 2.05) is 24.0 Å². The molecule has 1 amide bonds. The maximum absolute atomic E-state index is 13.8. The van der Waals surface area contributed by atoms with Gasteiger partial charge >= 0.3 is 6.18 Å². The van der Waals surface area contributed by atoms with Gasteiger partial charge in [0.2, 0.25) is 0 Å². The van der Waals surface area contributed by atoms with Crippen LogP contribution in [0.1, 0.15) is 65.7 Å². The number of carbonyl (C=O) groups excluding carboxylic acids is 1. The third-order valence-electron chi connectivity index (χ3n) is 7.74. The minimum absolute atomic E-state index is 0.0351. The predicted octanol–water partition coefficient (Wildman–Crippen LogP) is 6.15. The summed E-state index contributed by atoms with van der Waals surface area (Å²) < 4.78 is 39.0. The van der Waals surface area contributed by atoms with Crippen LogP contribution >= 0.6 is 0 Å². The summed E-state index contributed by atoms with van der Waals surface area (Å²) in [5, 5.41) is 0.828. The lowest BCUT2D eigenvalue weighted by Crippen LogP contribution is -2.43. The third kappa shape index (κ3) is 4.83. The van der Waals surface area contributed by atoms with Crippen molar-refractivity contribution in [3.05, 3.63) is 65.0 Å². The van der Waals surface area contributed by atoms with Crippen molar-refractivity contribution in [3.63, 3.8) is 0 Å². The number of nitrogens with zero attached hydrogens (tertiary/aromatic N) is 3. The quantitative estimate of drug-likeness (QED) is 0.484. The predicted molar refractivity (Wildman–Crippen MR) is 128 cm³/mol. The van der Waals surface area contributed by atoms with Gasteiger partial charge in [0, 0.05) is 23.2 Å². The zero-order valence-electron chi connectivity index (χ0n) is 19.7. The number of pyridine rings is 2. The second-order valence-electron chi connectivity index (χ2n) is 9.98. The number of anilines is 1. The van der Waals surface area contributed by atoms with Gasteiger partial charge in [0.1, 0.15) is 5.82 Å². The third-order valence-corrected chi connectivity index (χ3v) is 7.74. The van der Waals surface area contributed by atoms with Crippen molar-refractivity contribution < 1.29 is 18.0 Å². The maximum Gasteiger partial charge on any atom is 0.417 e. The van der Waals surface area contributed by atoms with Crippen molar-refractivity contribution in [2.75, 3.05) is 5.73 Å². The number of aromatic nitrogens is 2. The number of aryl methyl sites for hydroxylation is 1. The average molecular weight is 483 g/mol. The zero-order valence-corrected chi connectivity index (χ0v) is 19.7. The Labute approximate surface area is 202 Å². The van der Waals surface area contributed by atoms with E-state index in [0.29, 0.717) is 28.5 Å². The number of hydrogen-bond acceptors (Lipinski definition) is 4. The Morgan fingerprint density at radius 1 is 1.09 bits per heavy atom. The number of hydrogen-bond donors (Lipinski definition) is 1. The zero-order chi connectivity index (χ0) is 24.7. The van der Waals surface area contributed by atoms with Crippen molar-refractivity contribution in [1.29, 1.82) is 0 Å². The van der Waals surface area contributed by atoms with E-state index in [0.717, 1.165) is 48.4 Å². The van der Waals surface area contributed by atoms with E-state index in [1.54, 1.807) is 12.1 Å². The molecule has 184 valence electrons. The van der Waals surface area contributed by atoms with Gasteiger partial charge in [0.15, 0.2) is 0 Å². The first kappa shape index (κ1) is 23.6. The monoisotopic (exact) mass is 482 g/mol. The largest absolute Gasteiger partial charge is 0.417 e. The molecule has 8 heteroatoms. The molecule has 2 saturated carbocycles. The van der Waals surface area contributed by atoms with Gasteiger partial charge in [-0.3, -0.25) is 9.78 Å². The Morgan fingerprint density at radius 2 is 1.89 bits per heavy atom. The Bertz CT molecular complexity index is 1240. The van der Waals surface area contributed by atoms with Crippen LogP contribution in [0.25, 0.3) is 10.9 Å². The minimum Gasteiger partial charge on any atom is -0.383 e. The smallest absolute Gasteiger partial charge is 0.383 e. The lowest BCUT2D eigenvalue weighted by Gasteiger charge is -2.39. The van der Waals surface area contributed by atoms with Crippen molar-refractivity contribution in [2.24, 2.45) is 11.8 Å². The number of rotatable bonds is 4.